The molecule has 1 atom stereocenters. The fourth-order valence-corrected chi connectivity index (χ4v) is 0.934. The highest BCUT2D eigenvalue weighted by molar-refractivity contribution is 5.66. The van der Waals surface area contributed by atoms with Crippen molar-refractivity contribution in [3.8, 4) is 0 Å². The number of carbonyl (C=O) groups is 1. The summed E-state index contributed by atoms with van der Waals surface area (Å²) in [6.45, 7) is 2.88. The predicted molar refractivity (Wildman–Crippen MR) is 51.1 cm³/mol. The number of amides is 1. The lowest BCUT2D eigenvalue weighted by Gasteiger charge is -2.17. The SMILES string of the molecule is CCC(CCN(C)C)OC(=O)NN. The van der Waals surface area contributed by atoms with E-state index in [1.54, 1.807) is 0 Å². The Labute approximate surface area is 79.2 Å². The van der Waals surface area contributed by atoms with Crippen LogP contribution in [-0.2, 0) is 4.74 Å². The van der Waals surface area contributed by atoms with Crippen LogP contribution in [0.4, 0.5) is 4.79 Å². The van der Waals surface area contributed by atoms with Gasteiger partial charge in [-0.25, -0.2) is 10.6 Å². The Bertz CT molecular complexity index is 150. The Morgan fingerprint density at radius 3 is 2.62 bits per heavy atom. The first kappa shape index (κ1) is 12.2. The Balaban J connectivity index is 3.69. The zero-order valence-electron chi connectivity index (χ0n) is 8.54. The lowest BCUT2D eigenvalue weighted by atomic mass is 10.2. The number of ether oxygens (including phenoxy) is 1. The van der Waals surface area contributed by atoms with E-state index in [-0.39, 0.29) is 6.10 Å². The van der Waals surface area contributed by atoms with Gasteiger partial charge in [-0.15, -0.1) is 0 Å². The highest BCUT2D eigenvalue weighted by Gasteiger charge is 2.11. The van der Waals surface area contributed by atoms with Crippen molar-refractivity contribution in [3.05, 3.63) is 0 Å². The molecule has 0 rings (SSSR count). The third-order valence-corrected chi connectivity index (χ3v) is 1.75. The number of hydrazine groups is 1. The molecule has 0 aromatic carbocycles. The van der Waals surface area contributed by atoms with Crippen molar-refractivity contribution in [2.24, 2.45) is 5.84 Å². The van der Waals surface area contributed by atoms with Crippen molar-refractivity contribution < 1.29 is 9.53 Å². The minimum atomic E-state index is -0.564. The average molecular weight is 189 g/mol. The maximum Gasteiger partial charge on any atom is 0.421 e. The summed E-state index contributed by atoms with van der Waals surface area (Å²) in [6.07, 6.45) is 1.02. The molecular weight excluding hydrogens is 170 g/mol. The topological polar surface area (TPSA) is 67.6 Å². The summed E-state index contributed by atoms with van der Waals surface area (Å²) >= 11 is 0. The number of hydrogen-bond acceptors (Lipinski definition) is 4. The largest absolute Gasteiger partial charge is 0.445 e. The molecule has 78 valence electrons. The van der Waals surface area contributed by atoms with Crippen molar-refractivity contribution in [3.63, 3.8) is 0 Å². The quantitative estimate of drug-likeness (QED) is 0.371. The normalized spacial score (nSPS) is 12.7. The molecule has 0 radical (unpaired) electrons. The van der Waals surface area contributed by atoms with E-state index in [0.717, 1.165) is 19.4 Å². The minimum absolute atomic E-state index is 0.0500. The predicted octanol–water partition coefficient (Wildman–Crippen LogP) is 0.317. The van der Waals surface area contributed by atoms with Gasteiger partial charge in [0.25, 0.3) is 0 Å². The Morgan fingerprint density at radius 2 is 2.23 bits per heavy atom. The van der Waals surface area contributed by atoms with Gasteiger partial charge in [0.15, 0.2) is 0 Å². The van der Waals surface area contributed by atoms with Crippen LogP contribution in [0.15, 0.2) is 0 Å². The van der Waals surface area contributed by atoms with Crippen molar-refractivity contribution >= 4 is 6.09 Å². The van der Waals surface area contributed by atoms with E-state index in [4.69, 9.17) is 10.6 Å². The second-order valence-corrected chi connectivity index (χ2v) is 3.17. The molecule has 1 unspecified atom stereocenters. The molecule has 0 aliphatic rings. The first-order chi connectivity index (χ1) is 6.10. The second kappa shape index (κ2) is 6.68. The van der Waals surface area contributed by atoms with Gasteiger partial charge in [-0.1, -0.05) is 6.92 Å². The molecule has 0 aromatic rings. The molecule has 0 saturated carbocycles. The van der Waals surface area contributed by atoms with Gasteiger partial charge in [-0.3, -0.25) is 5.43 Å². The van der Waals surface area contributed by atoms with Crippen LogP contribution in [0.25, 0.3) is 0 Å². The molecule has 0 fully saturated rings. The van der Waals surface area contributed by atoms with Crippen LogP contribution >= 0.6 is 0 Å². The molecule has 0 aromatic heterocycles. The van der Waals surface area contributed by atoms with Crippen LogP contribution in [-0.4, -0.2) is 37.7 Å². The molecular formula is C8H19N3O2. The second-order valence-electron chi connectivity index (χ2n) is 3.17. The highest BCUT2D eigenvalue weighted by Crippen LogP contribution is 2.03. The molecule has 13 heavy (non-hydrogen) atoms. The Kier molecular flexibility index (Phi) is 6.26. The van der Waals surface area contributed by atoms with Crippen LogP contribution in [0.5, 0.6) is 0 Å². The lowest BCUT2D eigenvalue weighted by Crippen LogP contribution is -2.34. The zero-order chi connectivity index (χ0) is 10.3. The van der Waals surface area contributed by atoms with Gasteiger partial charge in [0, 0.05) is 6.54 Å². The molecule has 0 bridgehead atoms. The number of carbonyl (C=O) groups excluding carboxylic acids is 1. The number of hydrogen-bond donors (Lipinski definition) is 2. The molecule has 5 nitrogen and oxygen atoms in total. The summed E-state index contributed by atoms with van der Waals surface area (Å²) in [5.74, 6) is 4.90. The van der Waals surface area contributed by atoms with Crippen LogP contribution < -0.4 is 11.3 Å². The molecule has 0 spiro atoms. The standard InChI is InChI=1S/C8H19N3O2/c1-4-7(5-6-11(2)3)13-8(12)10-9/h7H,4-6,9H2,1-3H3,(H,10,12). The third-order valence-electron chi connectivity index (χ3n) is 1.75. The van der Waals surface area contributed by atoms with E-state index in [2.05, 4.69) is 0 Å². The molecule has 3 N–H and O–H groups in total. The molecule has 0 saturated heterocycles. The summed E-state index contributed by atoms with van der Waals surface area (Å²) in [4.78, 5) is 12.8. The maximum absolute atomic E-state index is 10.8. The third kappa shape index (κ3) is 6.36. The first-order valence-electron chi connectivity index (χ1n) is 4.42. The van der Waals surface area contributed by atoms with Gasteiger partial charge >= 0.3 is 6.09 Å². The zero-order valence-corrected chi connectivity index (χ0v) is 8.54. The van der Waals surface area contributed by atoms with Crippen molar-refractivity contribution in [2.45, 2.75) is 25.9 Å². The van der Waals surface area contributed by atoms with Crippen LogP contribution in [0, 0.1) is 0 Å². The maximum atomic E-state index is 10.8. The smallest absolute Gasteiger partial charge is 0.421 e. The number of nitrogens with one attached hydrogen (secondary N) is 1. The first-order valence-corrected chi connectivity index (χ1v) is 4.42. The fourth-order valence-electron chi connectivity index (χ4n) is 0.934. The molecule has 5 heteroatoms. The van der Waals surface area contributed by atoms with E-state index < -0.39 is 6.09 Å². The van der Waals surface area contributed by atoms with E-state index in [9.17, 15) is 4.79 Å². The van der Waals surface area contributed by atoms with Crippen LogP contribution in [0.3, 0.4) is 0 Å². The monoisotopic (exact) mass is 189 g/mol. The average Bonchev–Trinajstić information content (AvgIpc) is 2.11. The van der Waals surface area contributed by atoms with Crippen molar-refractivity contribution in [1.29, 1.82) is 0 Å². The van der Waals surface area contributed by atoms with Gasteiger partial charge in [0.05, 0.1) is 0 Å². The number of nitrogens with two attached hydrogens (primary N) is 1. The van der Waals surface area contributed by atoms with Crippen LogP contribution in [0.1, 0.15) is 19.8 Å². The summed E-state index contributed by atoms with van der Waals surface area (Å²) < 4.78 is 5.00. The summed E-state index contributed by atoms with van der Waals surface area (Å²) in [5, 5.41) is 0. The highest BCUT2D eigenvalue weighted by atomic mass is 16.6. The molecule has 0 aliphatic carbocycles. The van der Waals surface area contributed by atoms with Crippen LogP contribution in [0.2, 0.25) is 0 Å². The lowest BCUT2D eigenvalue weighted by molar-refractivity contribution is 0.0857. The van der Waals surface area contributed by atoms with Gasteiger partial charge in [-0.05, 0) is 26.9 Å². The van der Waals surface area contributed by atoms with Gasteiger partial charge in [0.1, 0.15) is 6.10 Å². The fraction of sp³-hybridized carbons (Fsp3) is 0.875. The van der Waals surface area contributed by atoms with E-state index in [1.807, 2.05) is 31.3 Å². The summed E-state index contributed by atoms with van der Waals surface area (Å²) in [6, 6.07) is 0. The van der Waals surface area contributed by atoms with Crippen molar-refractivity contribution in [1.82, 2.24) is 10.3 Å². The van der Waals surface area contributed by atoms with Gasteiger partial charge in [-0.2, -0.15) is 0 Å². The minimum Gasteiger partial charge on any atom is -0.445 e. The number of nitrogens with zero attached hydrogens (tertiary/aromatic N) is 1. The van der Waals surface area contributed by atoms with E-state index in [1.165, 1.54) is 0 Å². The summed E-state index contributed by atoms with van der Waals surface area (Å²) in [5.41, 5.74) is 1.94. The van der Waals surface area contributed by atoms with Gasteiger partial charge in [0.2, 0.25) is 0 Å². The Hall–Kier alpha value is -0.810. The molecule has 1 amide bonds. The van der Waals surface area contributed by atoms with E-state index >= 15 is 0 Å². The molecule has 0 aliphatic heterocycles. The van der Waals surface area contributed by atoms with Crippen molar-refractivity contribution in [2.75, 3.05) is 20.6 Å². The van der Waals surface area contributed by atoms with Gasteiger partial charge < -0.3 is 9.64 Å². The molecule has 0 heterocycles. The summed E-state index contributed by atoms with van der Waals surface area (Å²) in [7, 11) is 3.96. The Morgan fingerprint density at radius 1 is 1.62 bits per heavy atom. The van der Waals surface area contributed by atoms with E-state index in [0.29, 0.717) is 0 Å². The number of rotatable bonds is 5.